The van der Waals surface area contributed by atoms with Gasteiger partial charge in [-0.15, -0.1) is 11.3 Å². The van der Waals surface area contributed by atoms with Crippen LogP contribution in [0.1, 0.15) is 0 Å². The van der Waals surface area contributed by atoms with Crippen molar-refractivity contribution in [1.82, 2.24) is 9.97 Å². The first kappa shape index (κ1) is 11.1. The van der Waals surface area contributed by atoms with Gasteiger partial charge in [0.15, 0.2) is 0 Å². The van der Waals surface area contributed by atoms with E-state index in [1.165, 1.54) is 10.4 Å². The van der Waals surface area contributed by atoms with Crippen LogP contribution in [0.25, 0.3) is 20.7 Å². The van der Waals surface area contributed by atoms with E-state index in [4.69, 9.17) is 12.2 Å². The molecule has 0 fully saturated rings. The minimum Gasteiger partial charge on any atom is -0.345 e. The molecule has 1 N–H and O–H groups in total. The first-order valence-electron chi connectivity index (χ1n) is 4.97. The fourth-order valence-electron chi connectivity index (χ4n) is 1.63. The Morgan fingerprint density at radius 1 is 1.24 bits per heavy atom. The molecular formula is C12H7BrN2S2. The van der Waals surface area contributed by atoms with Crippen molar-refractivity contribution < 1.29 is 0 Å². The van der Waals surface area contributed by atoms with Crippen LogP contribution in [-0.4, -0.2) is 9.97 Å². The van der Waals surface area contributed by atoms with E-state index >= 15 is 0 Å². The van der Waals surface area contributed by atoms with Crippen LogP contribution in [0.15, 0.2) is 41.1 Å². The monoisotopic (exact) mass is 322 g/mol. The average Bonchev–Trinajstić information content (AvgIpc) is 2.75. The second kappa shape index (κ2) is 4.33. The Morgan fingerprint density at radius 3 is 2.71 bits per heavy atom. The average molecular weight is 323 g/mol. The van der Waals surface area contributed by atoms with Gasteiger partial charge in [0.25, 0.3) is 0 Å². The third-order valence-corrected chi connectivity index (χ3v) is 4.62. The zero-order chi connectivity index (χ0) is 11.8. The number of aromatic amines is 1. The maximum absolute atomic E-state index is 5.21. The van der Waals surface area contributed by atoms with Crippen molar-refractivity contribution in [3.63, 3.8) is 0 Å². The summed E-state index contributed by atoms with van der Waals surface area (Å²) in [6.45, 7) is 0. The summed E-state index contributed by atoms with van der Waals surface area (Å²) >= 11 is 10.3. The Bertz CT molecular complexity index is 728. The van der Waals surface area contributed by atoms with Gasteiger partial charge in [0.1, 0.15) is 4.64 Å². The summed E-state index contributed by atoms with van der Waals surface area (Å²) in [5, 5.41) is 0. The molecule has 0 aliphatic carbocycles. The number of thiophene rings is 1. The number of hydrogen-bond acceptors (Lipinski definition) is 3. The fraction of sp³-hybridized carbons (Fsp3) is 0. The lowest BCUT2D eigenvalue weighted by Crippen LogP contribution is -1.76. The molecule has 0 saturated carbocycles. The minimum atomic E-state index is 0.659. The third-order valence-electron chi connectivity index (χ3n) is 2.46. The van der Waals surface area contributed by atoms with Crippen molar-refractivity contribution in [1.29, 1.82) is 0 Å². The minimum absolute atomic E-state index is 0.659. The van der Waals surface area contributed by atoms with Crippen molar-refractivity contribution in [2.24, 2.45) is 0 Å². The van der Waals surface area contributed by atoms with Crippen LogP contribution in [0.5, 0.6) is 0 Å². The van der Waals surface area contributed by atoms with E-state index in [1.807, 2.05) is 12.1 Å². The van der Waals surface area contributed by atoms with Crippen molar-refractivity contribution in [3.05, 3.63) is 45.8 Å². The number of H-pyrrole nitrogens is 1. The van der Waals surface area contributed by atoms with Gasteiger partial charge < -0.3 is 4.98 Å². The quantitative estimate of drug-likeness (QED) is 0.653. The Hall–Kier alpha value is -1.04. The molecule has 1 aromatic carbocycles. The number of nitrogens with zero attached hydrogens (tertiary/aromatic N) is 1. The molecule has 3 aromatic rings. The molecular weight excluding hydrogens is 316 g/mol. The number of halogens is 1. The number of fused-ring (bicyclic) bond motifs is 1. The van der Waals surface area contributed by atoms with E-state index < -0.39 is 0 Å². The number of aromatic nitrogens is 2. The van der Waals surface area contributed by atoms with E-state index in [2.05, 4.69) is 44.1 Å². The molecule has 0 amide bonds. The second-order valence-electron chi connectivity index (χ2n) is 3.57. The molecule has 0 unspecified atom stereocenters. The summed E-state index contributed by atoms with van der Waals surface area (Å²) in [5.41, 5.74) is 2.24. The standard InChI is InChI=1S/C12H7BrN2S2/c13-8-3-1-7(2-4-8)10-5-9-11(17-10)12(16)15-6-14-9/h1-6H,(H,14,15,16). The van der Waals surface area contributed by atoms with Gasteiger partial charge >= 0.3 is 0 Å². The molecule has 2 nitrogen and oxygen atoms in total. The van der Waals surface area contributed by atoms with Crippen LogP contribution in [-0.2, 0) is 0 Å². The molecule has 3 rings (SSSR count). The highest BCUT2D eigenvalue weighted by Crippen LogP contribution is 2.33. The summed E-state index contributed by atoms with van der Waals surface area (Å²) < 4.78 is 2.78. The topological polar surface area (TPSA) is 28.7 Å². The zero-order valence-electron chi connectivity index (χ0n) is 8.61. The van der Waals surface area contributed by atoms with Gasteiger partial charge in [0, 0.05) is 9.35 Å². The molecule has 0 atom stereocenters. The number of rotatable bonds is 1. The summed E-state index contributed by atoms with van der Waals surface area (Å²) in [6.07, 6.45) is 1.64. The molecule has 0 spiro atoms. The molecule has 0 aliphatic rings. The van der Waals surface area contributed by atoms with Crippen LogP contribution in [0.3, 0.4) is 0 Å². The van der Waals surface area contributed by atoms with Gasteiger partial charge in [-0.2, -0.15) is 0 Å². The van der Waals surface area contributed by atoms with Gasteiger partial charge in [-0.3, -0.25) is 0 Å². The lowest BCUT2D eigenvalue weighted by molar-refractivity contribution is 1.21. The maximum atomic E-state index is 5.21. The van der Waals surface area contributed by atoms with E-state index in [-0.39, 0.29) is 0 Å². The van der Waals surface area contributed by atoms with Crippen molar-refractivity contribution in [3.8, 4) is 10.4 Å². The summed E-state index contributed by atoms with van der Waals surface area (Å²) in [4.78, 5) is 8.40. The number of hydrogen-bond donors (Lipinski definition) is 1. The predicted octanol–water partition coefficient (Wildman–Crippen LogP) is 4.78. The van der Waals surface area contributed by atoms with Crippen LogP contribution in [0, 0.1) is 4.64 Å². The van der Waals surface area contributed by atoms with Gasteiger partial charge in [0.05, 0.1) is 16.5 Å². The van der Waals surface area contributed by atoms with Crippen LogP contribution >= 0.6 is 39.5 Å². The molecule has 84 valence electrons. The first-order chi connectivity index (χ1) is 8.24. The van der Waals surface area contributed by atoms with E-state index in [0.29, 0.717) is 4.64 Å². The van der Waals surface area contributed by atoms with Gasteiger partial charge in [-0.1, -0.05) is 40.3 Å². The Kier molecular flexibility index (Phi) is 2.82. The highest BCUT2D eigenvalue weighted by atomic mass is 79.9. The zero-order valence-corrected chi connectivity index (χ0v) is 11.8. The van der Waals surface area contributed by atoms with Crippen molar-refractivity contribution in [2.45, 2.75) is 0 Å². The van der Waals surface area contributed by atoms with E-state index in [9.17, 15) is 0 Å². The lowest BCUT2D eigenvalue weighted by atomic mass is 10.2. The van der Waals surface area contributed by atoms with Crippen molar-refractivity contribution >= 4 is 49.7 Å². The van der Waals surface area contributed by atoms with E-state index in [0.717, 1.165) is 14.7 Å². The molecule has 2 heterocycles. The lowest BCUT2D eigenvalue weighted by Gasteiger charge is -1.95. The van der Waals surface area contributed by atoms with Crippen molar-refractivity contribution in [2.75, 3.05) is 0 Å². The second-order valence-corrected chi connectivity index (χ2v) is 5.92. The molecule has 2 aromatic heterocycles. The molecule has 0 saturated heterocycles. The first-order valence-corrected chi connectivity index (χ1v) is 6.99. The van der Waals surface area contributed by atoms with Crippen LogP contribution < -0.4 is 0 Å². The van der Waals surface area contributed by atoms with Gasteiger partial charge in [0.2, 0.25) is 0 Å². The Morgan fingerprint density at radius 2 is 2.00 bits per heavy atom. The third kappa shape index (κ3) is 2.06. The smallest absolute Gasteiger partial charge is 0.147 e. The molecule has 17 heavy (non-hydrogen) atoms. The summed E-state index contributed by atoms with van der Waals surface area (Å²) in [7, 11) is 0. The van der Waals surface area contributed by atoms with Crippen LogP contribution in [0.4, 0.5) is 0 Å². The Balaban J connectivity index is 2.21. The SMILES string of the molecule is S=c1nc[nH]c2cc(-c3ccc(Br)cc3)sc12. The number of nitrogens with one attached hydrogen (secondary N) is 1. The molecule has 0 radical (unpaired) electrons. The van der Waals surface area contributed by atoms with Crippen LogP contribution in [0.2, 0.25) is 0 Å². The molecule has 0 aliphatic heterocycles. The normalized spacial score (nSPS) is 10.9. The maximum Gasteiger partial charge on any atom is 0.147 e. The highest BCUT2D eigenvalue weighted by molar-refractivity contribution is 9.10. The highest BCUT2D eigenvalue weighted by Gasteiger charge is 2.05. The largest absolute Gasteiger partial charge is 0.345 e. The summed E-state index contributed by atoms with van der Waals surface area (Å²) in [5.74, 6) is 0. The Labute approximate surface area is 115 Å². The summed E-state index contributed by atoms with van der Waals surface area (Å²) in [6, 6.07) is 10.4. The molecule has 5 heteroatoms. The van der Waals surface area contributed by atoms with E-state index in [1.54, 1.807) is 17.7 Å². The predicted molar refractivity (Wildman–Crippen MR) is 77.9 cm³/mol. The van der Waals surface area contributed by atoms with Gasteiger partial charge in [-0.05, 0) is 23.8 Å². The number of benzene rings is 1. The molecule has 0 bridgehead atoms. The fourth-order valence-corrected chi connectivity index (χ4v) is 3.20. The van der Waals surface area contributed by atoms with Gasteiger partial charge in [-0.25, -0.2) is 4.98 Å².